The van der Waals surface area contributed by atoms with Crippen LogP contribution in [0.3, 0.4) is 0 Å². The van der Waals surface area contributed by atoms with Crippen molar-refractivity contribution in [2.45, 2.75) is 6.54 Å². The molecule has 0 aromatic carbocycles. The SMILES string of the molecule is CN(c1ncccc1CNc1ccnc(-c2cccnc2N)n1)S(C)(=O)=O. The molecule has 0 unspecified atom stereocenters. The van der Waals surface area contributed by atoms with Crippen LogP contribution in [0.5, 0.6) is 0 Å². The quantitative estimate of drug-likeness (QED) is 0.654. The number of hydrogen-bond acceptors (Lipinski definition) is 8. The van der Waals surface area contributed by atoms with Gasteiger partial charge in [0.2, 0.25) is 10.0 Å². The Hall–Kier alpha value is -3.27. The zero-order chi connectivity index (χ0) is 19.4. The fourth-order valence-electron chi connectivity index (χ4n) is 2.39. The highest BCUT2D eigenvalue weighted by molar-refractivity contribution is 7.92. The fourth-order valence-corrected chi connectivity index (χ4v) is 2.87. The number of nitrogens with one attached hydrogen (secondary N) is 1. The number of nitrogen functional groups attached to an aromatic ring is 1. The topological polar surface area (TPSA) is 127 Å². The van der Waals surface area contributed by atoms with Crippen LogP contribution in [0.15, 0.2) is 48.9 Å². The third kappa shape index (κ3) is 4.29. The molecule has 140 valence electrons. The summed E-state index contributed by atoms with van der Waals surface area (Å²) in [7, 11) is -1.94. The highest BCUT2D eigenvalue weighted by Gasteiger charge is 2.17. The smallest absolute Gasteiger partial charge is 0.233 e. The van der Waals surface area contributed by atoms with Crippen molar-refractivity contribution in [2.24, 2.45) is 0 Å². The van der Waals surface area contributed by atoms with Crippen molar-refractivity contribution >= 4 is 27.5 Å². The van der Waals surface area contributed by atoms with Crippen molar-refractivity contribution < 1.29 is 8.42 Å². The van der Waals surface area contributed by atoms with Gasteiger partial charge in [-0.15, -0.1) is 0 Å². The number of nitrogens with zero attached hydrogens (tertiary/aromatic N) is 5. The summed E-state index contributed by atoms with van der Waals surface area (Å²) in [5, 5.41) is 3.16. The van der Waals surface area contributed by atoms with E-state index in [1.54, 1.807) is 48.9 Å². The Labute approximate surface area is 157 Å². The van der Waals surface area contributed by atoms with Gasteiger partial charge in [0.25, 0.3) is 0 Å². The lowest BCUT2D eigenvalue weighted by Crippen LogP contribution is -2.27. The molecule has 3 aromatic heterocycles. The molecule has 0 aliphatic carbocycles. The van der Waals surface area contributed by atoms with Crippen molar-refractivity contribution in [2.75, 3.05) is 28.7 Å². The summed E-state index contributed by atoms with van der Waals surface area (Å²) < 4.78 is 24.8. The maximum Gasteiger partial charge on any atom is 0.233 e. The minimum Gasteiger partial charge on any atom is -0.383 e. The van der Waals surface area contributed by atoms with Crippen molar-refractivity contribution in [3.8, 4) is 11.4 Å². The maximum absolute atomic E-state index is 11.8. The molecule has 0 aliphatic rings. The van der Waals surface area contributed by atoms with E-state index in [1.165, 1.54) is 7.05 Å². The molecule has 3 heterocycles. The van der Waals surface area contributed by atoms with Gasteiger partial charge in [0.05, 0.1) is 11.8 Å². The van der Waals surface area contributed by atoms with E-state index >= 15 is 0 Å². The van der Waals surface area contributed by atoms with E-state index in [-0.39, 0.29) is 0 Å². The van der Waals surface area contributed by atoms with Crippen LogP contribution in [0.1, 0.15) is 5.56 Å². The van der Waals surface area contributed by atoms with Crippen molar-refractivity contribution in [3.05, 3.63) is 54.5 Å². The second-order valence-electron chi connectivity index (χ2n) is 5.77. The van der Waals surface area contributed by atoms with Gasteiger partial charge >= 0.3 is 0 Å². The van der Waals surface area contributed by atoms with Crippen LogP contribution >= 0.6 is 0 Å². The molecule has 3 rings (SSSR count). The molecule has 0 spiro atoms. The van der Waals surface area contributed by atoms with Gasteiger partial charge < -0.3 is 11.1 Å². The Kier molecular flexibility index (Phi) is 5.17. The zero-order valence-electron chi connectivity index (χ0n) is 14.9. The predicted octanol–water partition coefficient (Wildman–Crippen LogP) is 1.52. The first-order chi connectivity index (χ1) is 12.9. The van der Waals surface area contributed by atoms with Gasteiger partial charge in [-0.05, 0) is 24.3 Å². The van der Waals surface area contributed by atoms with Crippen molar-refractivity contribution in [1.82, 2.24) is 19.9 Å². The molecule has 0 aliphatic heterocycles. The van der Waals surface area contributed by atoms with Gasteiger partial charge in [0.1, 0.15) is 17.5 Å². The first-order valence-electron chi connectivity index (χ1n) is 8.02. The lowest BCUT2D eigenvalue weighted by atomic mass is 10.2. The zero-order valence-corrected chi connectivity index (χ0v) is 15.7. The first kappa shape index (κ1) is 18.5. The number of nitrogens with two attached hydrogens (primary N) is 1. The molecule has 0 radical (unpaired) electrons. The number of anilines is 3. The summed E-state index contributed by atoms with van der Waals surface area (Å²) >= 11 is 0. The average Bonchev–Trinajstić information content (AvgIpc) is 2.66. The van der Waals surface area contributed by atoms with Gasteiger partial charge in [-0.2, -0.15) is 0 Å². The summed E-state index contributed by atoms with van der Waals surface area (Å²) in [6.45, 7) is 0.335. The molecule has 3 aromatic rings. The number of aromatic nitrogens is 4. The van der Waals surface area contributed by atoms with E-state index in [4.69, 9.17) is 5.73 Å². The molecular formula is C17H19N7O2S. The Morgan fingerprint density at radius 3 is 2.56 bits per heavy atom. The van der Waals surface area contributed by atoms with Crippen molar-refractivity contribution in [1.29, 1.82) is 0 Å². The van der Waals surface area contributed by atoms with Crippen LogP contribution in [-0.2, 0) is 16.6 Å². The van der Waals surface area contributed by atoms with E-state index in [2.05, 4.69) is 25.3 Å². The van der Waals surface area contributed by atoms with Gasteiger partial charge in [0.15, 0.2) is 5.82 Å². The van der Waals surface area contributed by atoms with Crippen LogP contribution < -0.4 is 15.4 Å². The molecule has 0 atom stereocenters. The van der Waals surface area contributed by atoms with E-state index in [0.29, 0.717) is 40.9 Å². The molecular weight excluding hydrogens is 366 g/mol. The normalized spacial score (nSPS) is 11.2. The monoisotopic (exact) mass is 385 g/mol. The highest BCUT2D eigenvalue weighted by atomic mass is 32.2. The maximum atomic E-state index is 11.8. The summed E-state index contributed by atoms with van der Waals surface area (Å²) in [4.78, 5) is 16.9. The van der Waals surface area contributed by atoms with Crippen LogP contribution in [0.4, 0.5) is 17.5 Å². The molecule has 0 amide bonds. The molecule has 0 saturated heterocycles. The van der Waals surface area contributed by atoms with Crippen LogP contribution in [0.2, 0.25) is 0 Å². The summed E-state index contributed by atoms with van der Waals surface area (Å²) in [6, 6.07) is 8.82. The number of hydrogen-bond donors (Lipinski definition) is 2. The second-order valence-corrected chi connectivity index (χ2v) is 7.79. The van der Waals surface area contributed by atoms with E-state index in [1.807, 2.05) is 0 Å². The van der Waals surface area contributed by atoms with Gasteiger partial charge in [-0.1, -0.05) is 6.07 Å². The van der Waals surface area contributed by atoms with E-state index in [9.17, 15) is 8.42 Å². The lowest BCUT2D eigenvalue weighted by molar-refractivity contribution is 0.599. The largest absolute Gasteiger partial charge is 0.383 e. The van der Waals surface area contributed by atoms with E-state index in [0.717, 1.165) is 10.6 Å². The Balaban J connectivity index is 1.83. The molecule has 3 N–H and O–H groups in total. The van der Waals surface area contributed by atoms with Crippen LogP contribution in [0.25, 0.3) is 11.4 Å². The van der Waals surface area contributed by atoms with Gasteiger partial charge in [0, 0.05) is 37.7 Å². The molecule has 0 bridgehead atoms. The fraction of sp³-hybridized carbons (Fsp3) is 0.176. The number of rotatable bonds is 6. The Bertz CT molecular complexity index is 1060. The van der Waals surface area contributed by atoms with E-state index < -0.39 is 10.0 Å². The minimum absolute atomic E-state index is 0.335. The molecule has 27 heavy (non-hydrogen) atoms. The summed E-state index contributed by atoms with van der Waals surface area (Å²) in [6.07, 6.45) is 5.90. The molecule has 10 heteroatoms. The third-order valence-corrected chi connectivity index (χ3v) is 5.03. The Morgan fingerprint density at radius 2 is 1.81 bits per heavy atom. The summed E-state index contributed by atoms with van der Waals surface area (Å²) in [5.41, 5.74) is 7.23. The first-order valence-corrected chi connectivity index (χ1v) is 9.86. The number of sulfonamides is 1. The number of pyridine rings is 2. The lowest BCUT2D eigenvalue weighted by Gasteiger charge is -2.19. The average molecular weight is 385 g/mol. The standard InChI is InChI=1S/C17H19N7O2S/c1-24(27(2,25)26)17-12(5-3-9-21-17)11-22-14-7-10-20-16(23-14)13-6-4-8-19-15(13)18/h3-10H,11H2,1-2H3,(H2,18,19)(H,20,22,23). The summed E-state index contributed by atoms with van der Waals surface area (Å²) in [5.74, 6) is 1.72. The Morgan fingerprint density at radius 1 is 1.07 bits per heavy atom. The second kappa shape index (κ2) is 7.54. The van der Waals surface area contributed by atoms with Crippen LogP contribution in [0, 0.1) is 0 Å². The van der Waals surface area contributed by atoms with Gasteiger partial charge in [-0.25, -0.2) is 28.4 Å². The predicted molar refractivity (Wildman–Crippen MR) is 104 cm³/mol. The molecule has 0 saturated carbocycles. The minimum atomic E-state index is -3.41. The molecule has 9 nitrogen and oxygen atoms in total. The molecule has 0 fully saturated rings. The van der Waals surface area contributed by atoms with Crippen LogP contribution in [-0.4, -0.2) is 41.7 Å². The van der Waals surface area contributed by atoms with Gasteiger partial charge in [-0.3, -0.25) is 4.31 Å². The third-order valence-electron chi connectivity index (χ3n) is 3.86. The highest BCUT2D eigenvalue weighted by Crippen LogP contribution is 2.22. The van der Waals surface area contributed by atoms with Crippen molar-refractivity contribution in [3.63, 3.8) is 0 Å².